The summed E-state index contributed by atoms with van der Waals surface area (Å²) < 4.78 is 50.3. The summed E-state index contributed by atoms with van der Waals surface area (Å²) >= 11 is 0. The van der Waals surface area contributed by atoms with E-state index in [0.717, 1.165) is 53.6 Å². The van der Waals surface area contributed by atoms with Gasteiger partial charge in [0.15, 0.2) is 0 Å². The highest BCUT2D eigenvalue weighted by Crippen LogP contribution is 2.34. The van der Waals surface area contributed by atoms with E-state index < -0.39 is 10.0 Å². The van der Waals surface area contributed by atoms with Crippen molar-refractivity contribution in [2.75, 3.05) is 45.2 Å². The van der Waals surface area contributed by atoms with Gasteiger partial charge in [-0.15, -0.1) is 0 Å². The fourth-order valence-electron chi connectivity index (χ4n) is 5.92. The Hall–Kier alpha value is -4.22. The van der Waals surface area contributed by atoms with E-state index in [4.69, 9.17) is 14.2 Å². The summed E-state index contributed by atoms with van der Waals surface area (Å²) in [6, 6.07) is 19.1. The first-order chi connectivity index (χ1) is 20.9. The van der Waals surface area contributed by atoms with E-state index in [2.05, 4.69) is 48.3 Å². The van der Waals surface area contributed by atoms with Gasteiger partial charge in [-0.1, -0.05) is 0 Å². The Morgan fingerprint density at radius 1 is 0.930 bits per heavy atom. The summed E-state index contributed by atoms with van der Waals surface area (Å²) in [6.07, 6.45) is 7.61. The molecule has 3 aromatic heterocycles. The van der Waals surface area contributed by atoms with Crippen LogP contribution in [0.5, 0.6) is 17.5 Å². The van der Waals surface area contributed by atoms with Gasteiger partial charge < -0.3 is 28.2 Å². The number of fused-ring (bicyclic) bond motifs is 3. The molecule has 0 amide bonds. The summed E-state index contributed by atoms with van der Waals surface area (Å²) in [7, 11) is 0.958. The SMILES string of the molecule is COc1ccc(NS(=O)(=O)c2ccc3c(c2)c2cc(OCCCN4CCC(n5cccc5)CC4)ccc2n3C)c(OC)n1. The van der Waals surface area contributed by atoms with Crippen LogP contribution in [0.15, 0.2) is 78.0 Å². The van der Waals surface area contributed by atoms with E-state index in [-0.39, 0.29) is 16.5 Å². The Morgan fingerprint density at radius 3 is 2.37 bits per heavy atom. The largest absolute Gasteiger partial charge is 0.494 e. The molecule has 1 aliphatic rings. The average Bonchev–Trinajstić information content (AvgIpc) is 3.66. The van der Waals surface area contributed by atoms with Crippen LogP contribution in [0.4, 0.5) is 5.69 Å². The molecule has 0 aliphatic carbocycles. The first-order valence-corrected chi connectivity index (χ1v) is 16.0. The van der Waals surface area contributed by atoms with Gasteiger partial charge in [-0.2, -0.15) is 4.98 Å². The Labute approximate surface area is 251 Å². The molecule has 0 atom stereocenters. The van der Waals surface area contributed by atoms with Crippen LogP contribution >= 0.6 is 0 Å². The van der Waals surface area contributed by atoms with Crippen molar-refractivity contribution in [1.82, 2.24) is 19.0 Å². The van der Waals surface area contributed by atoms with Crippen molar-refractivity contribution in [2.45, 2.75) is 30.2 Å². The van der Waals surface area contributed by atoms with Crippen LogP contribution < -0.4 is 18.9 Å². The number of anilines is 1. The van der Waals surface area contributed by atoms with Crippen LogP contribution in [0.1, 0.15) is 25.3 Å². The number of nitrogens with zero attached hydrogens (tertiary/aromatic N) is 4. The molecule has 0 unspecified atom stereocenters. The summed E-state index contributed by atoms with van der Waals surface area (Å²) in [4.78, 5) is 6.82. The minimum absolute atomic E-state index is 0.123. The lowest BCUT2D eigenvalue weighted by atomic mass is 10.0. The second-order valence-electron chi connectivity index (χ2n) is 10.8. The normalized spacial score (nSPS) is 14.8. The summed E-state index contributed by atoms with van der Waals surface area (Å²) in [5, 5.41) is 1.76. The number of pyridine rings is 1. The van der Waals surface area contributed by atoms with Gasteiger partial charge in [-0.25, -0.2) is 8.42 Å². The highest BCUT2D eigenvalue weighted by molar-refractivity contribution is 7.92. The van der Waals surface area contributed by atoms with Gasteiger partial charge in [0.25, 0.3) is 10.0 Å². The summed E-state index contributed by atoms with van der Waals surface area (Å²) in [5.74, 6) is 1.22. The quantitative estimate of drug-likeness (QED) is 0.200. The molecule has 6 rings (SSSR count). The molecule has 0 radical (unpaired) electrons. The van der Waals surface area contributed by atoms with Gasteiger partial charge in [0.2, 0.25) is 11.8 Å². The zero-order chi connectivity index (χ0) is 30.0. The van der Waals surface area contributed by atoms with Crippen molar-refractivity contribution in [3.05, 3.63) is 73.1 Å². The molecule has 5 aromatic rings. The monoisotopic (exact) mass is 603 g/mol. The fraction of sp³-hybridized carbons (Fsp3) is 0.344. The first kappa shape index (κ1) is 28.9. The Bertz CT molecular complexity index is 1830. The number of aromatic nitrogens is 3. The van der Waals surface area contributed by atoms with Gasteiger partial charge in [0, 0.05) is 73.0 Å². The maximum Gasteiger partial charge on any atom is 0.262 e. The molecule has 1 aliphatic heterocycles. The highest BCUT2D eigenvalue weighted by Gasteiger charge is 2.21. The molecule has 43 heavy (non-hydrogen) atoms. The number of methoxy groups -OCH3 is 2. The van der Waals surface area contributed by atoms with Crippen LogP contribution in [0.2, 0.25) is 0 Å². The molecule has 1 fully saturated rings. The predicted molar refractivity (Wildman–Crippen MR) is 168 cm³/mol. The van der Waals surface area contributed by atoms with Crippen LogP contribution in [-0.4, -0.2) is 67.9 Å². The van der Waals surface area contributed by atoms with E-state index >= 15 is 0 Å². The van der Waals surface area contributed by atoms with E-state index in [1.165, 1.54) is 27.1 Å². The van der Waals surface area contributed by atoms with E-state index in [1.807, 2.05) is 31.3 Å². The number of likely N-dealkylation sites (tertiary alicyclic amines) is 1. The number of aryl methyl sites for hydroxylation is 1. The summed E-state index contributed by atoms with van der Waals surface area (Å²) in [6.45, 7) is 3.84. The van der Waals surface area contributed by atoms with Gasteiger partial charge in [-0.05, 0) is 73.9 Å². The average molecular weight is 604 g/mol. The number of rotatable bonds is 11. The number of sulfonamides is 1. The van der Waals surface area contributed by atoms with Crippen molar-refractivity contribution >= 4 is 37.5 Å². The number of nitrogens with one attached hydrogen (secondary N) is 1. The van der Waals surface area contributed by atoms with Crippen LogP contribution in [0.3, 0.4) is 0 Å². The van der Waals surface area contributed by atoms with E-state index in [1.54, 1.807) is 24.3 Å². The van der Waals surface area contributed by atoms with Crippen LogP contribution in [0.25, 0.3) is 21.8 Å². The highest BCUT2D eigenvalue weighted by atomic mass is 32.2. The number of hydrogen-bond acceptors (Lipinski definition) is 7. The lowest BCUT2D eigenvalue weighted by Gasteiger charge is -2.32. The van der Waals surface area contributed by atoms with Gasteiger partial charge in [0.05, 0.1) is 25.7 Å². The Morgan fingerprint density at radius 2 is 1.65 bits per heavy atom. The number of piperidine rings is 1. The van der Waals surface area contributed by atoms with Gasteiger partial charge >= 0.3 is 0 Å². The lowest BCUT2D eigenvalue weighted by Crippen LogP contribution is -2.35. The van der Waals surface area contributed by atoms with Gasteiger partial charge in [-0.3, -0.25) is 4.72 Å². The maximum atomic E-state index is 13.4. The third-order valence-corrected chi connectivity index (χ3v) is 9.60. The third kappa shape index (κ3) is 6.00. The minimum Gasteiger partial charge on any atom is -0.494 e. The van der Waals surface area contributed by atoms with Gasteiger partial charge in [0.1, 0.15) is 11.4 Å². The molecule has 0 saturated carbocycles. The number of ether oxygens (including phenoxy) is 3. The summed E-state index contributed by atoms with van der Waals surface area (Å²) in [5.41, 5.74) is 2.15. The topological polar surface area (TPSA) is 99.8 Å². The van der Waals surface area contributed by atoms with E-state index in [9.17, 15) is 8.42 Å². The molecule has 226 valence electrons. The zero-order valence-corrected chi connectivity index (χ0v) is 25.5. The number of hydrogen-bond donors (Lipinski definition) is 1. The Balaban J connectivity index is 1.14. The molecule has 0 bridgehead atoms. The third-order valence-electron chi connectivity index (χ3n) is 8.23. The molecule has 1 saturated heterocycles. The van der Waals surface area contributed by atoms with Crippen molar-refractivity contribution in [3.8, 4) is 17.5 Å². The molecular weight excluding hydrogens is 566 g/mol. The Kier molecular flexibility index (Phi) is 8.18. The van der Waals surface area contributed by atoms with Crippen LogP contribution in [-0.2, 0) is 17.1 Å². The van der Waals surface area contributed by atoms with Crippen molar-refractivity contribution in [3.63, 3.8) is 0 Å². The lowest BCUT2D eigenvalue weighted by molar-refractivity contribution is 0.173. The van der Waals surface area contributed by atoms with Crippen molar-refractivity contribution < 1.29 is 22.6 Å². The second-order valence-corrected chi connectivity index (χ2v) is 12.5. The molecular formula is C32H37N5O5S. The van der Waals surface area contributed by atoms with E-state index in [0.29, 0.717) is 18.5 Å². The first-order valence-electron chi connectivity index (χ1n) is 14.5. The molecule has 2 aromatic carbocycles. The second kappa shape index (κ2) is 12.2. The molecule has 4 heterocycles. The predicted octanol–water partition coefficient (Wildman–Crippen LogP) is 5.45. The molecule has 11 heteroatoms. The zero-order valence-electron chi connectivity index (χ0n) is 24.7. The smallest absolute Gasteiger partial charge is 0.262 e. The van der Waals surface area contributed by atoms with Crippen molar-refractivity contribution in [1.29, 1.82) is 0 Å². The van der Waals surface area contributed by atoms with Crippen LogP contribution in [0, 0.1) is 0 Å². The molecule has 0 spiro atoms. The maximum absolute atomic E-state index is 13.4. The molecule has 1 N–H and O–H groups in total. The standard InChI is InChI=1S/C32H37N5O5S/c1-35-29-10-7-24(42-20-6-15-36-18-13-23(14-19-36)37-16-4-5-17-37)21-26(29)27-22-25(8-11-30(27)35)43(38,39)34-28-9-12-31(40-2)33-32(28)41-3/h4-5,7-12,16-17,21-23,34H,6,13-15,18-20H2,1-3H3. The van der Waals surface area contributed by atoms with Crippen molar-refractivity contribution in [2.24, 2.45) is 7.05 Å². The number of benzene rings is 2. The molecule has 10 nitrogen and oxygen atoms in total. The fourth-order valence-corrected chi connectivity index (χ4v) is 7.00. The minimum atomic E-state index is -3.93.